The third-order valence-corrected chi connectivity index (χ3v) is 6.19. The van der Waals surface area contributed by atoms with Crippen molar-refractivity contribution in [3.63, 3.8) is 0 Å². The normalized spacial score (nSPS) is 11.5. The molecule has 0 bridgehead atoms. The fourth-order valence-electron chi connectivity index (χ4n) is 3.90. The molecule has 2 heterocycles. The largest absolute Gasteiger partial charge is 0.261 e. The summed E-state index contributed by atoms with van der Waals surface area (Å²) in [4.78, 5) is 18.9. The van der Waals surface area contributed by atoms with Crippen LogP contribution in [0.5, 0.6) is 0 Å². The van der Waals surface area contributed by atoms with Crippen molar-refractivity contribution in [3.05, 3.63) is 83.7 Å². The minimum absolute atomic E-state index is 0.152. The first-order valence-electron chi connectivity index (χ1n) is 11.7. The van der Waals surface area contributed by atoms with Crippen LogP contribution < -0.4 is 0 Å². The average molecular weight is 437 g/mol. The Morgan fingerprint density at radius 1 is 0.667 bits per heavy atom. The fourth-order valence-corrected chi connectivity index (χ4v) is 3.90. The lowest BCUT2D eigenvalue weighted by atomic mass is 9.80. The first kappa shape index (κ1) is 22.8. The molecule has 0 fully saturated rings. The minimum Gasteiger partial charge on any atom is -0.261 e. The highest BCUT2D eigenvalue weighted by Gasteiger charge is 2.20. The predicted octanol–water partition coefficient (Wildman–Crippen LogP) is 7.35. The monoisotopic (exact) mass is 436 g/mol. The zero-order valence-electron chi connectivity index (χ0n) is 20.3. The lowest BCUT2D eigenvalue weighted by Crippen LogP contribution is -2.16. The maximum Gasteiger partial charge on any atom is 0.165 e. The molecule has 2 aromatic carbocycles. The summed E-state index contributed by atoms with van der Waals surface area (Å²) in [6.45, 7) is 10.9. The van der Waals surface area contributed by atoms with Crippen molar-refractivity contribution in [1.82, 2.24) is 19.9 Å². The Bertz CT molecular complexity index is 1140. The first-order valence-corrected chi connectivity index (χ1v) is 11.7. The van der Waals surface area contributed by atoms with Crippen LogP contribution in [0.3, 0.4) is 0 Å². The molecule has 0 N–H and O–H groups in total. The van der Waals surface area contributed by atoms with Gasteiger partial charge >= 0.3 is 0 Å². The molecule has 0 radical (unpaired) electrons. The quantitative estimate of drug-likeness (QED) is 0.304. The second kappa shape index (κ2) is 9.62. The summed E-state index contributed by atoms with van der Waals surface area (Å²) >= 11 is 0. The minimum atomic E-state index is 0.152. The van der Waals surface area contributed by atoms with Crippen molar-refractivity contribution in [3.8, 4) is 34.2 Å². The summed E-state index contributed by atoms with van der Waals surface area (Å²) in [5.74, 6) is 1.98. The summed E-state index contributed by atoms with van der Waals surface area (Å²) in [6, 6.07) is 21.0. The number of nitrogens with zero attached hydrogens (tertiary/aromatic N) is 4. The maximum absolute atomic E-state index is 4.85. The van der Waals surface area contributed by atoms with Gasteiger partial charge in [-0.05, 0) is 43.4 Å². The molecule has 4 rings (SSSR count). The number of pyridine rings is 1. The van der Waals surface area contributed by atoms with Crippen molar-refractivity contribution in [1.29, 1.82) is 0 Å². The molecule has 2 aromatic heterocycles. The van der Waals surface area contributed by atoms with Crippen LogP contribution in [-0.2, 0) is 5.41 Å². The van der Waals surface area contributed by atoms with Gasteiger partial charge in [-0.3, -0.25) is 4.98 Å². The number of unbranched alkanes of at least 4 members (excludes halogenated alkanes) is 1. The summed E-state index contributed by atoms with van der Waals surface area (Å²) < 4.78 is 0. The van der Waals surface area contributed by atoms with Gasteiger partial charge in [-0.1, -0.05) is 87.7 Å². The van der Waals surface area contributed by atoms with Crippen LogP contribution in [0.15, 0.2) is 66.9 Å². The van der Waals surface area contributed by atoms with E-state index in [4.69, 9.17) is 15.0 Å². The van der Waals surface area contributed by atoms with Crippen molar-refractivity contribution in [2.75, 3.05) is 0 Å². The van der Waals surface area contributed by atoms with E-state index in [-0.39, 0.29) is 5.41 Å². The fraction of sp³-hybridized carbons (Fsp3) is 0.310. The Kier molecular flexibility index (Phi) is 6.64. The molecule has 0 saturated heterocycles. The lowest BCUT2D eigenvalue weighted by Gasteiger charge is -2.25. The zero-order chi connectivity index (χ0) is 23.4. The van der Waals surface area contributed by atoms with E-state index in [0.29, 0.717) is 17.5 Å². The molecule has 0 saturated carbocycles. The molecule has 0 spiro atoms. The van der Waals surface area contributed by atoms with Gasteiger partial charge in [0.25, 0.3) is 0 Å². The van der Waals surface area contributed by atoms with Gasteiger partial charge in [0.15, 0.2) is 17.5 Å². The SMILES string of the molecule is CCCCC(C)(C)c1ccc(-c2nc(-c3ccc(C)cc3)nc(-c3ccc(C)nc3)n2)cc1. The molecule has 0 aliphatic carbocycles. The molecule has 0 unspecified atom stereocenters. The highest BCUT2D eigenvalue weighted by molar-refractivity contribution is 5.66. The number of benzene rings is 2. The van der Waals surface area contributed by atoms with Crippen molar-refractivity contribution in [2.45, 2.75) is 59.3 Å². The smallest absolute Gasteiger partial charge is 0.165 e. The average Bonchev–Trinajstić information content (AvgIpc) is 2.83. The number of rotatable bonds is 7. The first-order chi connectivity index (χ1) is 15.9. The van der Waals surface area contributed by atoms with Crippen LogP contribution in [-0.4, -0.2) is 19.9 Å². The Balaban J connectivity index is 1.77. The van der Waals surface area contributed by atoms with E-state index < -0.39 is 0 Å². The molecule has 33 heavy (non-hydrogen) atoms. The van der Waals surface area contributed by atoms with Gasteiger partial charge in [0.05, 0.1) is 0 Å². The molecule has 0 aliphatic rings. The van der Waals surface area contributed by atoms with Crippen LogP contribution in [0.25, 0.3) is 34.2 Å². The molecule has 0 aliphatic heterocycles. The van der Waals surface area contributed by atoms with Gasteiger partial charge in [0.2, 0.25) is 0 Å². The van der Waals surface area contributed by atoms with Gasteiger partial charge in [0.1, 0.15) is 0 Å². The summed E-state index contributed by atoms with van der Waals surface area (Å²) in [5, 5.41) is 0. The standard InChI is InChI=1S/C29H32N4/c1-6-7-18-29(4,5)25-16-14-23(15-17-25)27-31-26(22-11-8-20(2)9-12-22)32-28(33-27)24-13-10-21(3)30-19-24/h8-17,19H,6-7,18H2,1-5H3. The Morgan fingerprint density at radius 2 is 1.18 bits per heavy atom. The number of aryl methyl sites for hydroxylation is 2. The van der Waals surface area contributed by atoms with E-state index in [1.165, 1.54) is 30.4 Å². The Labute approximate surface area is 197 Å². The summed E-state index contributed by atoms with van der Waals surface area (Å²) in [7, 11) is 0. The predicted molar refractivity (Wildman–Crippen MR) is 136 cm³/mol. The molecule has 168 valence electrons. The second-order valence-corrected chi connectivity index (χ2v) is 9.43. The number of aromatic nitrogens is 4. The van der Waals surface area contributed by atoms with Crippen molar-refractivity contribution >= 4 is 0 Å². The van der Waals surface area contributed by atoms with E-state index >= 15 is 0 Å². The summed E-state index contributed by atoms with van der Waals surface area (Å²) in [6.07, 6.45) is 5.45. The van der Waals surface area contributed by atoms with Gasteiger partial charge in [-0.25, -0.2) is 15.0 Å². The Morgan fingerprint density at radius 3 is 1.70 bits per heavy atom. The third kappa shape index (κ3) is 5.33. The number of hydrogen-bond donors (Lipinski definition) is 0. The van der Waals surface area contributed by atoms with Crippen molar-refractivity contribution < 1.29 is 0 Å². The maximum atomic E-state index is 4.85. The molecular weight excluding hydrogens is 404 g/mol. The molecule has 0 atom stereocenters. The van der Waals surface area contributed by atoms with Gasteiger partial charge in [-0.15, -0.1) is 0 Å². The molecule has 4 nitrogen and oxygen atoms in total. The van der Waals surface area contributed by atoms with E-state index in [2.05, 4.69) is 81.2 Å². The third-order valence-electron chi connectivity index (χ3n) is 6.19. The van der Waals surface area contributed by atoms with Gasteiger partial charge in [0, 0.05) is 28.6 Å². The van der Waals surface area contributed by atoms with E-state index in [1.807, 2.05) is 25.3 Å². The van der Waals surface area contributed by atoms with E-state index in [1.54, 1.807) is 0 Å². The topological polar surface area (TPSA) is 51.6 Å². The van der Waals surface area contributed by atoms with Gasteiger partial charge in [-0.2, -0.15) is 0 Å². The second-order valence-electron chi connectivity index (χ2n) is 9.43. The van der Waals surface area contributed by atoms with E-state index in [0.717, 1.165) is 22.4 Å². The molecule has 4 heteroatoms. The number of hydrogen-bond acceptors (Lipinski definition) is 4. The van der Waals surface area contributed by atoms with Crippen LogP contribution in [0.1, 0.15) is 56.9 Å². The van der Waals surface area contributed by atoms with Crippen molar-refractivity contribution in [2.24, 2.45) is 0 Å². The summed E-state index contributed by atoms with van der Waals surface area (Å²) in [5.41, 5.74) is 6.51. The van der Waals surface area contributed by atoms with Crippen LogP contribution in [0.2, 0.25) is 0 Å². The molecule has 0 amide bonds. The highest BCUT2D eigenvalue weighted by Crippen LogP contribution is 2.31. The molecule has 4 aromatic rings. The van der Waals surface area contributed by atoms with Crippen LogP contribution in [0, 0.1) is 13.8 Å². The van der Waals surface area contributed by atoms with Crippen LogP contribution >= 0.6 is 0 Å². The van der Waals surface area contributed by atoms with Crippen LogP contribution in [0.4, 0.5) is 0 Å². The van der Waals surface area contributed by atoms with Gasteiger partial charge < -0.3 is 0 Å². The lowest BCUT2D eigenvalue weighted by molar-refractivity contribution is 0.458. The van der Waals surface area contributed by atoms with E-state index in [9.17, 15) is 0 Å². The highest BCUT2D eigenvalue weighted by atomic mass is 15.0. The molecular formula is C29H32N4. The Hall–Kier alpha value is -3.40. The zero-order valence-corrected chi connectivity index (χ0v) is 20.3.